The number of hydrogen-bond acceptors (Lipinski definition) is 4. The number of para-hydroxylation sites is 1. The van der Waals surface area contributed by atoms with Gasteiger partial charge in [0, 0.05) is 6.54 Å². The zero-order valence-electron chi connectivity index (χ0n) is 11.6. The molecule has 0 radical (unpaired) electrons. The third kappa shape index (κ3) is 3.40. The third-order valence-electron chi connectivity index (χ3n) is 3.38. The molecule has 3 N–H and O–H groups in total. The van der Waals surface area contributed by atoms with E-state index in [1.165, 1.54) is 10.4 Å². The van der Waals surface area contributed by atoms with E-state index in [-0.39, 0.29) is 11.3 Å². The average molecular weight is 311 g/mol. The maximum atomic E-state index is 12.3. The van der Waals surface area contributed by atoms with Crippen LogP contribution in [0.2, 0.25) is 0 Å². The molecule has 2 rings (SSSR count). The molecule has 0 saturated carbocycles. The summed E-state index contributed by atoms with van der Waals surface area (Å²) in [6.07, 6.45) is 2.16. The van der Waals surface area contributed by atoms with E-state index in [2.05, 4.69) is 5.32 Å². The van der Waals surface area contributed by atoms with Crippen LogP contribution in [0.3, 0.4) is 0 Å². The number of sulfonamides is 1. The Bertz CT molecular complexity index is 672. The molecule has 1 heterocycles. The first kappa shape index (κ1) is 15.5. The first-order valence-electron chi connectivity index (χ1n) is 6.47. The molecule has 0 spiro atoms. The summed E-state index contributed by atoms with van der Waals surface area (Å²) in [5.41, 5.74) is 5.72. The average Bonchev–Trinajstić information content (AvgIpc) is 2.88. The third-order valence-corrected chi connectivity index (χ3v) is 4.67. The Hall–Kier alpha value is -1.93. The van der Waals surface area contributed by atoms with Gasteiger partial charge in [-0.2, -0.15) is 4.31 Å². The van der Waals surface area contributed by atoms with E-state index in [4.69, 9.17) is 5.73 Å². The second-order valence-electron chi connectivity index (χ2n) is 4.93. The SMILES string of the molecule is CS(=O)(=O)N1CCCC1C(=O)Nc1ccccc1C(N)=O. The summed E-state index contributed by atoms with van der Waals surface area (Å²) in [5, 5.41) is 2.59. The highest BCUT2D eigenvalue weighted by Crippen LogP contribution is 2.23. The summed E-state index contributed by atoms with van der Waals surface area (Å²) in [4.78, 5) is 23.6. The number of benzene rings is 1. The molecule has 1 aliphatic rings. The van der Waals surface area contributed by atoms with Crippen molar-refractivity contribution in [3.05, 3.63) is 29.8 Å². The van der Waals surface area contributed by atoms with Crippen LogP contribution in [0.25, 0.3) is 0 Å². The van der Waals surface area contributed by atoms with E-state index < -0.39 is 27.9 Å². The molecule has 21 heavy (non-hydrogen) atoms. The number of nitrogens with zero attached hydrogens (tertiary/aromatic N) is 1. The van der Waals surface area contributed by atoms with Crippen molar-refractivity contribution < 1.29 is 18.0 Å². The Morgan fingerprint density at radius 2 is 2.00 bits per heavy atom. The van der Waals surface area contributed by atoms with Crippen LogP contribution in [0.5, 0.6) is 0 Å². The summed E-state index contributed by atoms with van der Waals surface area (Å²) in [6, 6.07) is 5.60. The summed E-state index contributed by atoms with van der Waals surface area (Å²) in [6.45, 7) is 0.328. The minimum absolute atomic E-state index is 0.190. The van der Waals surface area contributed by atoms with Gasteiger partial charge in [-0.25, -0.2) is 8.42 Å². The van der Waals surface area contributed by atoms with Gasteiger partial charge < -0.3 is 11.1 Å². The van der Waals surface area contributed by atoms with Gasteiger partial charge in [-0.3, -0.25) is 9.59 Å². The van der Waals surface area contributed by atoms with Crippen molar-refractivity contribution in [3.63, 3.8) is 0 Å². The number of nitrogens with two attached hydrogens (primary N) is 1. The van der Waals surface area contributed by atoms with Crippen LogP contribution in [0, 0.1) is 0 Å². The summed E-state index contributed by atoms with van der Waals surface area (Å²) in [7, 11) is -3.43. The monoisotopic (exact) mass is 311 g/mol. The van der Waals surface area contributed by atoms with Crippen molar-refractivity contribution >= 4 is 27.5 Å². The maximum Gasteiger partial charge on any atom is 0.250 e. The van der Waals surface area contributed by atoms with Gasteiger partial charge in [0.2, 0.25) is 15.9 Å². The Morgan fingerprint density at radius 3 is 2.62 bits per heavy atom. The van der Waals surface area contributed by atoms with Crippen molar-refractivity contribution in [2.75, 3.05) is 18.1 Å². The van der Waals surface area contributed by atoms with Gasteiger partial charge in [0.1, 0.15) is 6.04 Å². The van der Waals surface area contributed by atoms with E-state index >= 15 is 0 Å². The molecule has 0 aliphatic carbocycles. The van der Waals surface area contributed by atoms with Gasteiger partial charge in [0.05, 0.1) is 17.5 Å². The molecule has 0 aromatic heterocycles. The van der Waals surface area contributed by atoms with Crippen molar-refractivity contribution in [1.82, 2.24) is 4.31 Å². The molecule has 2 amide bonds. The van der Waals surface area contributed by atoms with Crippen LogP contribution in [0.4, 0.5) is 5.69 Å². The summed E-state index contributed by atoms with van der Waals surface area (Å²) < 4.78 is 24.5. The normalized spacial score (nSPS) is 19.4. The minimum Gasteiger partial charge on any atom is -0.366 e. The molecule has 114 valence electrons. The largest absolute Gasteiger partial charge is 0.366 e. The topological polar surface area (TPSA) is 110 Å². The Morgan fingerprint density at radius 1 is 1.33 bits per heavy atom. The second-order valence-corrected chi connectivity index (χ2v) is 6.87. The Kier molecular flexibility index (Phi) is 4.29. The van der Waals surface area contributed by atoms with Crippen LogP contribution >= 0.6 is 0 Å². The highest BCUT2D eigenvalue weighted by molar-refractivity contribution is 7.88. The number of hydrogen-bond donors (Lipinski definition) is 2. The molecule has 1 aromatic carbocycles. The molecule has 1 atom stereocenters. The highest BCUT2D eigenvalue weighted by atomic mass is 32.2. The lowest BCUT2D eigenvalue weighted by atomic mass is 10.1. The van der Waals surface area contributed by atoms with Gasteiger partial charge >= 0.3 is 0 Å². The number of anilines is 1. The van der Waals surface area contributed by atoms with E-state index in [1.807, 2.05) is 0 Å². The second kappa shape index (κ2) is 5.82. The number of primary amides is 1. The number of nitrogens with one attached hydrogen (secondary N) is 1. The fraction of sp³-hybridized carbons (Fsp3) is 0.385. The van der Waals surface area contributed by atoms with E-state index in [9.17, 15) is 18.0 Å². The molecule has 1 aromatic rings. The predicted octanol–water partition coefficient (Wildman–Crippen LogP) is 0.148. The van der Waals surface area contributed by atoms with E-state index in [1.54, 1.807) is 18.2 Å². The van der Waals surface area contributed by atoms with Crippen LogP contribution in [-0.4, -0.2) is 43.4 Å². The molecule has 1 unspecified atom stereocenters. The maximum absolute atomic E-state index is 12.3. The number of rotatable bonds is 4. The Labute approximate surface area is 123 Å². The summed E-state index contributed by atoms with van der Waals surface area (Å²) >= 11 is 0. The van der Waals surface area contributed by atoms with Crippen LogP contribution in [0.15, 0.2) is 24.3 Å². The standard InChI is InChI=1S/C13H17N3O4S/c1-21(19,20)16-8-4-7-11(16)13(18)15-10-6-3-2-5-9(10)12(14)17/h2-3,5-6,11H,4,7-8H2,1H3,(H2,14,17)(H,15,18). The smallest absolute Gasteiger partial charge is 0.250 e. The van der Waals surface area contributed by atoms with Gasteiger partial charge in [-0.05, 0) is 25.0 Å². The quantitative estimate of drug-likeness (QED) is 0.824. The number of amides is 2. The van der Waals surface area contributed by atoms with Crippen molar-refractivity contribution in [3.8, 4) is 0 Å². The lowest BCUT2D eigenvalue weighted by Gasteiger charge is -2.21. The first-order valence-corrected chi connectivity index (χ1v) is 8.32. The fourth-order valence-corrected chi connectivity index (χ4v) is 3.55. The predicted molar refractivity (Wildman–Crippen MR) is 78.2 cm³/mol. The van der Waals surface area contributed by atoms with E-state index in [0.29, 0.717) is 19.4 Å². The lowest BCUT2D eigenvalue weighted by Crippen LogP contribution is -2.42. The van der Waals surface area contributed by atoms with Crippen LogP contribution < -0.4 is 11.1 Å². The van der Waals surface area contributed by atoms with Gasteiger partial charge in [-0.15, -0.1) is 0 Å². The molecule has 0 bridgehead atoms. The molecule has 1 aliphatic heterocycles. The molecule has 7 nitrogen and oxygen atoms in total. The first-order chi connectivity index (χ1) is 9.80. The lowest BCUT2D eigenvalue weighted by molar-refractivity contribution is -0.119. The molecular formula is C13H17N3O4S. The van der Waals surface area contributed by atoms with Crippen molar-refractivity contribution in [2.45, 2.75) is 18.9 Å². The zero-order chi connectivity index (χ0) is 15.6. The van der Waals surface area contributed by atoms with Gasteiger partial charge in [0.15, 0.2) is 0 Å². The number of carbonyl (C=O) groups is 2. The molecule has 1 fully saturated rings. The van der Waals surface area contributed by atoms with Gasteiger partial charge in [-0.1, -0.05) is 12.1 Å². The highest BCUT2D eigenvalue weighted by Gasteiger charge is 2.36. The molecule has 1 saturated heterocycles. The van der Waals surface area contributed by atoms with Gasteiger partial charge in [0.25, 0.3) is 5.91 Å². The van der Waals surface area contributed by atoms with E-state index in [0.717, 1.165) is 6.26 Å². The van der Waals surface area contributed by atoms with Crippen molar-refractivity contribution in [1.29, 1.82) is 0 Å². The van der Waals surface area contributed by atoms with Crippen LogP contribution in [0.1, 0.15) is 23.2 Å². The molecule has 8 heteroatoms. The summed E-state index contributed by atoms with van der Waals surface area (Å²) in [5.74, 6) is -1.11. The van der Waals surface area contributed by atoms with Crippen LogP contribution in [-0.2, 0) is 14.8 Å². The molecular weight excluding hydrogens is 294 g/mol. The number of carbonyl (C=O) groups excluding carboxylic acids is 2. The Balaban J connectivity index is 2.21. The van der Waals surface area contributed by atoms with Crippen molar-refractivity contribution in [2.24, 2.45) is 5.73 Å². The fourth-order valence-electron chi connectivity index (χ4n) is 2.42. The zero-order valence-corrected chi connectivity index (χ0v) is 12.4. The minimum atomic E-state index is -3.43.